The van der Waals surface area contributed by atoms with E-state index in [2.05, 4.69) is 23.4 Å². The van der Waals surface area contributed by atoms with Crippen LogP contribution in [0.2, 0.25) is 0 Å². The second-order valence-corrected chi connectivity index (χ2v) is 7.43. The molecule has 2 fully saturated rings. The predicted octanol–water partition coefficient (Wildman–Crippen LogP) is 2.30. The molecule has 2 aromatic rings. The highest BCUT2D eigenvalue weighted by molar-refractivity contribution is 5.96. The van der Waals surface area contributed by atoms with Crippen molar-refractivity contribution in [1.82, 2.24) is 19.4 Å². The average molecular weight is 354 g/mol. The quantitative estimate of drug-likeness (QED) is 0.916. The van der Waals surface area contributed by atoms with Gasteiger partial charge in [-0.15, -0.1) is 0 Å². The average Bonchev–Trinajstić information content (AvgIpc) is 3.25. The number of hydrogen-bond acceptors (Lipinski definition) is 2. The summed E-state index contributed by atoms with van der Waals surface area (Å²) in [6.07, 6.45) is 4.65. The standard InChI is InChI=1S/C20H26N4O2/c1-14-12-18(15(2)24(14)17-5-6-17)20(26)23-10-8-22(9-11-23)19(25)13-16-4-3-7-21-16/h3-4,7,12,17,21H,5-6,8-11,13H2,1-2H3. The van der Waals surface area contributed by atoms with E-state index in [9.17, 15) is 9.59 Å². The van der Waals surface area contributed by atoms with E-state index in [1.165, 1.54) is 18.5 Å². The Bertz CT molecular complexity index is 809. The Kier molecular flexibility index (Phi) is 4.34. The molecule has 1 aliphatic heterocycles. The van der Waals surface area contributed by atoms with Gasteiger partial charge in [-0.2, -0.15) is 0 Å². The maximum Gasteiger partial charge on any atom is 0.255 e. The summed E-state index contributed by atoms with van der Waals surface area (Å²) in [6.45, 7) is 6.54. The fourth-order valence-electron chi connectivity index (χ4n) is 3.97. The highest BCUT2D eigenvalue weighted by Gasteiger charge is 2.31. The molecule has 0 bridgehead atoms. The first kappa shape index (κ1) is 16.9. The molecule has 1 saturated heterocycles. The fourth-order valence-corrected chi connectivity index (χ4v) is 3.97. The molecule has 6 nitrogen and oxygen atoms in total. The van der Waals surface area contributed by atoms with E-state index in [4.69, 9.17) is 0 Å². The van der Waals surface area contributed by atoms with Crippen molar-refractivity contribution in [1.29, 1.82) is 0 Å². The van der Waals surface area contributed by atoms with Gasteiger partial charge in [0.2, 0.25) is 5.91 Å². The summed E-state index contributed by atoms with van der Waals surface area (Å²) in [4.78, 5) is 32.2. The molecular formula is C20H26N4O2. The lowest BCUT2D eigenvalue weighted by molar-refractivity contribution is -0.132. The lowest BCUT2D eigenvalue weighted by Crippen LogP contribution is -2.51. The Labute approximate surface area is 153 Å². The van der Waals surface area contributed by atoms with Crippen molar-refractivity contribution < 1.29 is 9.59 Å². The zero-order valence-electron chi connectivity index (χ0n) is 15.5. The SMILES string of the molecule is Cc1cc(C(=O)N2CCN(C(=O)Cc3ccc[nH]3)CC2)c(C)n1C1CC1. The Balaban J connectivity index is 1.38. The summed E-state index contributed by atoms with van der Waals surface area (Å²) < 4.78 is 2.31. The number of aryl methyl sites for hydroxylation is 1. The normalized spacial score (nSPS) is 17.6. The molecule has 0 aromatic carbocycles. The maximum atomic E-state index is 13.0. The van der Waals surface area contributed by atoms with Gasteiger partial charge in [0.05, 0.1) is 12.0 Å². The van der Waals surface area contributed by atoms with Crippen LogP contribution in [0.5, 0.6) is 0 Å². The van der Waals surface area contributed by atoms with E-state index >= 15 is 0 Å². The largest absolute Gasteiger partial charge is 0.365 e. The van der Waals surface area contributed by atoms with Crippen LogP contribution in [0.3, 0.4) is 0 Å². The van der Waals surface area contributed by atoms with Crippen LogP contribution in [0.4, 0.5) is 0 Å². The van der Waals surface area contributed by atoms with Gasteiger partial charge in [-0.25, -0.2) is 0 Å². The number of aromatic nitrogens is 2. The van der Waals surface area contributed by atoms with Gasteiger partial charge in [-0.3, -0.25) is 9.59 Å². The second-order valence-electron chi connectivity index (χ2n) is 7.43. The van der Waals surface area contributed by atoms with E-state index in [1.807, 2.05) is 34.2 Å². The molecule has 1 aliphatic carbocycles. The molecule has 0 atom stereocenters. The zero-order chi connectivity index (χ0) is 18.3. The number of amides is 2. The van der Waals surface area contributed by atoms with Crippen molar-refractivity contribution in [3.63, 3.8) is 0 Å². The van der Waals surface area contributed by atoms with E-state index < -0.39 is 0 Å². The minimum absolute atomic E-state index is 0.0986. The summed E-state index contributed by atoms with van der Waals surface area (Å²) in [6, 6.07) is 6.43. The summed E-state index contributed by atoms with van der Waals surface area (Å²) in [7, 11) is 0. The molecule has 26 heavy (non-hydrogen) atoms. The summed E-state index contributed by atoms with van der Waals surface area (Å²) in [5.41, 5.74) is 4.01. The maximum absolute atomic E-state index is 13.0. The summed E-state index contributed by atoms with van der Waals surface area (Å²) in [5.74, 6) is 0.216. The number of aromatic amines is 1. The van der Waals surface area contributed by atoms with E-state index in [0.717, 1.165) is 17.0 Å². The third-order valence-electron chi connectivity index (χ3n) is 5.55. The van der Waals surface area contributed by atoms with Crippen LogP contribution in [0, 0.1) is 13.8 Å². The van der Waals surface area contributed by atoms with E-state index in [0.29, 0.717) is 38.6 Å². The van der Waals surface area contributed by atoms with Crippen molar-refractivity contribution in [2.75, 3.05) is 26.2 Å². The summed E-state index contributed by atoms with van der Waals surface area (Å²) in [5, 5.41) is 0. The number of nitrogens with one attached hydrogen (secondary N) is 1. The van der Waals surface area contributed by atoms with Crippen LogP contribution >= 0.6 is 0 Å². The first-order chi connectivity index (χ1) is 12.5. The van der Waals surface area contributed by atoms with Crippen LogP contribution in [0.15, 0.2) is 24.4 Å². The van der Waals surface area contributed by atoms with Crippen molar-refractivity contribution in [2.24, 2.45) is 0 Å². The van der Waals surface area contributed by atoms with Gasteiger partial charge in [0.1, 0.15) is 0 Å². The number of carbonyl (C=O) groups is 2. The molecule has 0 unspecified atom stereocenters. The second kappa shape index (κ2) is 6.67. The molecule has 2 aliphatic rings. The van der Waals surface area contributed by atoms with Crippen LogP contribution < -0.4 is 0 Å². The monoisotopic (exact) mass is 354 g/mol. The minimum Gasteiger partial charge on any atom is -0.365 e. The van der Waals surface area contributed by atoms with E-state index in [-0.39, 0.29) is 11.8 Å². The smallest absolute Gasteiger partial charge is 0.255 e. The van der Waals surface area contributed by atoms with Crippen LogP contribution in [-0.4, -0.2) is 57.3 Å². The first-order valence-corrected chi connectivity index (χ1v) is 9.42. The van der Waals surface area contributed by atoms with E-state index in [1.54, 1.807) is 0 Å². The van der Waals surface area contributed by atoms with Gasteiger partial charge >= 0.3 is 0 Å². The van der Waals surface area contributed by atoms with Crippen LogP contribution in [-0.2, 0) is 11.2 Å². The molecule has 4 rings (SSSR count). The molecule has 0 radical (unpaired) electrons. The molecule has 1 saturated carbocycles. The number of H-pyrrole nitrogens is 1. The van der Waals surface area contributed by atoms with Gasteiger partial charge in [-0.05, 0) is 44.9 Å². The molecular weight excluding hydrogens is 328 g/mol. The van der Waals surface area contributed by atoms with Crippen LogP contribution in [0.1, 0.15) is 46.3 Å². The van der Waals surface area contributed by atoms with Crippen molar-refractivity contribution >= 4 is 11.8 Å². The van der Waals surface area contributed by atoms with Gasteiger partial charge in [0.15, 0.2) is 0 Å². The lowest BCUT2D eigenvalue weighted by atomic mass is 10.2. The molecule has 3 heterocycles. The number of piperazine rings is 1. The number of carbonyl (C=O) groups excluding carboxylic acids is 2. The predicted molar refractivity (Wildman–Crippen MR) is 99.2 cm³/mol. The van der Waals surface area contributed by atoms with Gasteiger partial charge in [0, 0.05) is 55.5 Å². The fraction of sp³-hybridized carbons (Fsp3) is 0.500. The molecule has 6 heteroatoms. The zero-order valence-corrected chi connectivity index (χ0v) is 15.5. The molecule has 1 N–H and O–H groups in total. The lowest BCUT2D eigenvalue weighted by Gasteiger charge is -2.34. The van der Waals surface area contributed by atoms with Gasteiger partial charge < -0.3 is 19.4 Å². The van der Waals surface area contributed by atoms with Gasteiger partial charge in [0.25, 0.3) is 5.91 Å². The Morgan fingerprint density at radius 1 is 1.12 bits per heavy atom. The third-order valence-corrected chi connectivity index (χ3v) is 5.55. The van der Waals surface area contributed by atoms with Gasteiger partial charge in [-0.1, -0.05) is 0 Å². The number of rotatable bonds is 4. The number of hydrogen-bond donors (Lipinski definition) is 1. The Hall–Kier alpha value is -2.50. The van der Waals surface area contributed by atoms with Crippen molar-refractivity contribution in [3.8, 4) is 0 Å². The number of nitrogens with zero attached hydrogens (tertiary/aromatic N) is 3. The molecule has 2 aromatic heterocycles. The Morgan fingerprint density at radius 3 is 2.42 bits per heavy atom. The first-order valence-electron chi connectivity index (χ1n) is 9.42. The topological polar surface area (TPSA) is 61.3 Å². The highest BCUT2D eigenvalue weighted by Crippen LogP contribution is 2.38. The third kappa shape index (κ3) is 3.16. The highest BCUT2D eigenvalue weighted by atomic mass is 16.2. The molecule has 0 spiro atoms. The Morgan fingerprint density at radius 2 is 1.81 bits per heavy atom. The molecule has 2 amide bonds. The molecule has 138 valence electrons. The van der Waals surface area contributed by atoms with Crippen LogP contribution in [0.25, 0.3) is 0 Å². The van der Waals surface area contributed by atoms with Crippen molar-refractivity contribution in [2.45, 2.75) is 39.2 Å². The summed E-state index contributed by atoms with van der Waals surface area (Å²) >= 11 is 0. The minimum atomic E-state index is 0.0986. The van der Waals surface area contributed by atoms with Crippen molar-refractivity contribution in [3.05, 3.63) is 47.0 Å².